The zero-order valence-corrected chi connectivity index (χ0v) is 15.2. The molecule has 3 aromatic carbocycles. The third kappa shape index (κ3) is 5.49. The van der Waals surface area contributed by atoms with Gasteiger partial charge in [0.15, 0.2) is 12.4 Å². The molecule has 0 radical (unpaired) electrons. The van der Waals surface area contributed by atoms with Crippen molar-refractivity contribution < 1.29 is 23.5 Å². The summed E-state index contributed by atoms with van der Waals surface area (Å²) in [6, 6.07) is 20.2. The smallest absolute Gasteiger partial charge is 0.276 e. The van der Waals surface area contributed by atoms with Crippen LogP contribution in [0.4, 0.5) is 4.39 Å². The number of ketones is 1. The van der Waals surface area contributed by atoms with Crippen LogP contribution in [0, 0.1) is 5.82 Å². The fraction of sp³-hybridized carbons (Fsp3) is 0.0455. The first-order valence-electron chi connectivity index (χ1n) is 8.70. The Bertz CT molecular complexity index is 1000. The summed E-state index contributed by atoms with van der Waals surface area (Å²) in [5.41, 5.74) is 5.70. The SMILES string of the molecule is O=C(COc1ccc(C(=O)c2ccccc2)cc1)NNC(=O)c1ccc(F)cc1. The Morgan fingerprint density at radius 1 is 0.724 bits per heavy atom. The van der Waals surface area contributed by atoms with E-state index in [2.05, 4.69) is 10.9 Å². The van der Waals surface area contributed by atoms with E-state index in [0.717, 1.165) is 12.1 Å². The molecule has 0 unspecified atom stereocenters. The van der Waals surface area contributed by atoms with Crippen molar-refractivity contribution in [1.82, 2.24) is 10.9 Å². The maximum Gasteiger partial charge on any atom is 0.276 e. The maximum atomic E-state index is 12.8. The minimum atomic E-state index is -0.581. The Balaban J connectivity index is 1.47. The molecular formula is C22H17FN2O4. The van der Waals surface area contributed by atoms with E-state index >= 15 is 0 Å². The topological polar surface area (TPSA) is 84.5 Å². The molecule has 2 amide bonds. The molecule has 0 aliphatic rings. The number of amides is 2. The fourth-order valence-electron chi connectivity index (χ4n) is 2.44. The molecular weight excluding hydrogens is 375 g/mol. The highest BCUT2D eigenvalue weighted by molar-refractivity contribution is 6.09. The van der Waals surface area contributed by atoms with Gasteiger partial charge in [0.05, 0.1) is 0 Å². The zero-order chi connectivity index (χ0) is 20.6. The molecule has 0 bridgehead atoms. The van der Waals surface area contributed by atoms with Gasteiger partial charge in [0, 0.05) is 16.7 Å². The van der Waals surface area contributed by atoms with Gasteiger partial charge < -0.3 is 4.74 Å². The van der Waals surface area contributed by atoms with Crippen LogP contribution in [0.2, 0.25) is 0 Å². The lowest BCUT2D eigenvalue weighted by molar-refractivity contribution is -0.123. The van der Waals surface area contributed by atoms with E-state index in [1.165, 1.54) is 12.1 Å². The maximum absolute atomic E-state index is 12.8. The highest BCUT2D eigenvalue weighted by atomic mass is 19.1. The van der Waals surface area contributed by atoms with Crippen LogP contribution in [-0.2, 0) is 4.79 Å². The Labute approximate surface area is 166 Å². The van der Waals surface area contributed by atoms with Crippen molar-refractivity contribution in [2.75, 3.05) is 6.61 Å². The average molecular weight is 392 g/mol. The highest BCUT2D eigenvalue weighted by Crippen LogP contribution is 2.15. The Hall–Kier alpha value is -4.00. The summed E-state index contributed by atoms with van der Waals surface area (Å²) in [5.74, 6) is -1.34. The van der Waals surface area contributed by atoms with E-state index < -0.39 is 17.6 Å². The van der Waals surface area contributed by atoms with Crippen molar-refractivity contribution in [3.05, 3.63) is 101 Å². The van der Waals surface area contributed by atoms with Crippen LogP contribution in [0.1, 0.15) is 26.3 Å². The molecule has 146 valence electrons. The molecule has 0 heterocycles. The van der Waals surface area contributed by atoms with Crippen LogP contribution < -0.4 is 15.6 Å². The fourth-order valence-corrected chi connectivity index (χ4v) is 2.44. The molecule has 3 aromatic rings. The van der Waals surface area contributed by atoms with Crippen molar-refractivity contribution in [3.8, 4) is 5.75 Å². The van der Waals surface area contributed by atoms with Gasteiger partial charge in [0.2, 0.25) is 0 Å². The van der Waals surface area contributed by atoms with E-state index in [1.54, 1.807) is 48.5 Å². The number of hydrazine groups is 1. The summed E-state index contributed by atoms with van der Waals surface area (Å²) < 4.78 is 18.2. The van der Waals surface area contributed by atoms with E-state index in [9.17, 15) is 18.8 Å². The Morgan fingerprint density at radius 2 is 1.31 bits per heavy atom. The quantitative estimate of drug-likeness (QED) is 0.499. The molecule has 0 saturated heterocycles. The van der Waals surface area contributed by atoms with Gasteiger partial charge in [-0.1, -0.05) is 30.3 Å². The van der Waals surface area contributed by atoms with Gasteiger partial charge in [-0.3, -0.25) is 25.2 Å². The molecule has 2 N–H and O–H groups in total. The van der Waals surface area contributed by atoms with Crippen LogP contribution in [-0.4, -0.2) is 24.2 Å². The van der Waals surface area contributed by atoms with Gasteiger partial charge in [-0.25, -0.2) is 4.39 Å². The molecule has 0 aromatic heterocycles. The van der Waals surface area contributed by atoms with Crippen molar-refractivity contribution in [1.29, 1.82) is 0 Å². The monoisotopic (exact) mass is 392 g/mol. The summed E-state index contributed by atoms with van der Waals surface area (Å²) >= 11 is 0. The number of rotatable bonds is 6. The molecule has 7 heteroatoms. The van der Waals surface area contributed by atoms with E-state index in [0.29, 0.717) is 16.9 Å². The second kappa shape index (κ2) is 9.27. The number of halogens is 1. The van der Waals surface area contributed by atoms with Gasteiger partial charge in [-0.15, -0.1) is 0 Å². The highest BCUT2D eigenvalue weighted by Gasteiger charge is 2.10. The first kappa shape index (κ1) is 19.8. The molecule has 0 saturated carbocycles. The lowest BCUT2D eigenvalue weighted by Gasteiger charge is -2.09. The molecule has 0 fully saturated rings. The molecule has 29 heavy (non-hydrogen) atoms. The number of benzene rings is 3. The average Bonchev–Trinajstić information content (AvgIpc) is 2.77. The Kier molecular flexibility index (Phi) is 6.32. The number of carbonyl (C=O) groups is 3. The van der Waals surface area contributed by atoms with Crippen LogP contribution in [0.3, 0.4) is 0 Å². The minimum Gasteiger partial charge on any atom is -0.484 e. The third-order valence-corrected chi connectivity index (χ3v) is 3.94. The van der Waals surface area contributed by atoms with Gasteiger partial charge in [0.25, 0.3) is 11.8 Å². The molecule has 3 rings (SSSR count). The lowest BCUT2D eigenvalue weighted by atomic mass is 10.0. The van der Waals surface area contributed by atoms with Gasteiger partial charge in [-0.2, -0.15) is 0 Å². The molecule has 0 aliphatic carbocycles. The van der Waals surface area contributed by atoms with Crippen molar-refractivity contribution in [2.24, 2.45) is 0 Å². The van der Waals surface area contributed by atoms with Crippen LogP contribution in [0.25, 0.3) is 0 Å². The summed E-state index contributed by atoms with van der Waals surface area (Å²) in [4.78, 5) is 36.0. The summed E-state index contributed by atoms with van der Waals surface area (Å²) in [6.45, 7) is -0.338. The minimum absolute atomic E-state index is 0.113. The van der Waals surface area contributed by atoms with Gasteiger partial charge in [-0.05, 0) is 48.5 Å². The standard InChI is InChI=1S/C22H17FN2O4/c23-18-10-6-17(7-11-18)22(28)25-24-20(26)14-29-19-12-8-16(9-13-19)21(27)15-4-2-1-3-5-15/h1-13H,14H2,(H,24,26)(H,25,28). The number of carbonyl (C=O) groups excluding carboxylic acids is 3. The number of hydrogen-bond acceptors (Lipinski definition) is 4. The number of hydrogen-bond donors (Lipinski definition) is 2. The van der Waals surface area contributed by atoms with Gasteiger partial charge in [0.1, 0.15) is 11.6 Å². The second-order valence-electron chi connectivity index (χ2n) is 6.02. The molecule has 0 atom stereocenters. The molecule has 0 spiro atoms. The van der Waals surface area contributed by atoms with E-state index in [4.69, 9.17) is 4.74 Å². The first-order chi connectivity index (χ1) is 14.0. The number of nitrogens with one attached hydrogen (secondary N) is 2. The lowest BCUT2D eigenvalue weighted by Crippen LogP contribution is -2.43. The molecule has 0 aliphatic heterocycles. The van der Waals surface area contributed by atoms with Crippen molar-refractivity contribution in [3.63, 3.8) is 0 Å². The van der Waals surface area contributed by atoms with Crippen molar-refractivity contribution >= 4 is 17.6 Å². The predicted molar refractivity (Wildman–Crippen MR) is 104 cm³/mol. The van der Waals surface area contributed by atoms with Gasteiger partial charge >= 0.3 is 0 Å². The van der Waals surface area contributed by atoms with Crippen LogP contribution >= 0.6 is 0 Å². The van der Waals surface area contributed by atoms with Crippen molar-refractivity contribution in [2.45, 2.75) is 0 Å². The largest absolute Gasteiger partial charge is 0.484 e. The Morgan fingerprint density at radius 3 is 1.97 bits per heavy atom. The van der Waals surface area contributed by atoms with Crippen LogP contribution in [0.15, 0.2) is 78.9 Å². The third-order valence-electron chi connectivity index (χ3n) is 3.94. The normalized spacial score (nSPS) is 10.1. The predicted octanol–water partition coefficient (Wildman–Crippen LogP) is 2.90. The van der Waals surface area contributed by atoms with E-state index in [1.807, 2.05) is 6.07 Å². The second-order valence-corrected chi connectivity index (χ2v) is 6.02. The summed E-state index contributed by atoms with van der Waals surface area (Å²) in [5, 5.41) is 0. The summed E-state index contributed by atoms with van der Waals surface area (Å²) in [7, 11) is 0. The summed E-state index contributed by atoms with van der Waals surface area (Å²) in [6.07, 6.45) is 0. The van der Waals surface area contributed by atoms with Crippen LogP contribution in [0.5, 0.6) is 5.75 Å². The number of ether oxygens (including phenoxy) is 1. The molecule has 6 nitrogen and oxygen atoms in total. The van der Waals surface area contributed by atoms with E-state index in [-0.39, 0.29) is 18.0 Å². The first-order valence-corrected chi connectivity index (χ1v) is 8.70. The zero-order valence-electron chi connectivity index (χ0n) is 15.2.